The molecule has 0 saturated carbocycles. The lowest BCUT2D eigenvalue weighted by Gasteiger charge is -2.12. The minimum atomic E-state index is -4.52. The number of halogens is 4. The average molecular weight is 303 g/mol. The van der Waals surface area contributed by atoms with Gasteiger partial charge in [0.25, 0.3) is 0 Å². The van der Waals surface area contributed by atoms with Crippen LogP contribution in [-0.4, -0.2) is 17.1 Å². The first-order valence-electron chi connectivity index (χ1n) is 5.57. The lowest BCUT2D eigenvalue weighted by Crippen LogP contribution is -2.08. The Morgan fingerprint density at radius 1 is 1.20 bits per heavy atom. The third kappa shape index (κ3) is 3.01. The monoisotopic (exact) mass is 302 g/mol. The molecule has 3 nitrogen and oxygen atoms in total. The predicted molar refractivity (Wildman–Crippen MR) is 68.8 cm³/mol. The van der Waals surface area contributed by atoms with Gasteiger partial charge in [0.15, 0.2) is 0 Å². The molecular formula is C13H10ClF3N2O. The van der Waals surface area contributed by atoms with Crippen LogP contribution in [-0.2, 0) is 6.18 Å². The second-order valence-corrected chi connectivity index (χ2v) is 4.47. The number of hydrogen-bond acceptors (Lipinski definition) is 3. The molecule has 0 atom stereocenters. The molecule has 2 rings (SSSR count). The highest BCUT2D eigenvalue weighted by molar-refractivity contribution is 6.29. The third-order valence-corrected chi connectivity index (χ3v) is 2.80. The maximum Gasteiger partial charge on any atom is 0.433 e. The minimum Gasteiger partial charge on any atom is -0.494 e. The van der Waals surface area contributed by atoms with E-state index < -0.39 is 11.9 Å². The summed E-state index contributed by atoms with van der Waals surface area (Å²) in [6, 6.07) is 4.04. The zero-order chi connectivity index (χ0) is 14.9. The van der Waals surface area contributed by atoms with Crippen molar-refractivity contribution in [3.63, 3.8) is 0 Å². The van der Waals surface area contributed by atoms with Crippen molar-refractivity contribution in [3.05, 3.63) is 40.9 Å². The summed E-state index contributed by atoms with van der Waals surface area (Å²) in [6.07, 6.45) is -3.48. The largest absolute Gasteiger partial charge is 0.494 e. The molecule has 2 aromatic rings. The summed E-state index contributed by atoms with van der Waals surface area (Å²) in [7, 11) is 1.36. The highest BCUT2D eigenvalue weighted by atomic mass is 35.5. The molecular weight excluding hydrogens is 293 g/mol. The van der Waals surface area contributed by atoms with E-state index in [0.717, 1.165) is 12.3 Å². The van der Waals surface area contributed by atoms with E-state index in [0.29, 0.717) is 11.3 Å². The molecule has 0 saturated heterocycles. The lowest BCUT2D eigenvalue weighted by atomic mass is 10.1. The minimum absolute atomic E-state index is 0.201. The van der Waals surface area contributed by atoms with Crippen LogP contribution in [0.2, 0.25) is 5.15 Å². The maximum absolute atomic E-state index is 12.7. The van der Waals surface area contributed by atoms with Crippen molar-refractivity contribution in [2.24, 2.45) is 0 Å². The predicted octanol–water partition coefficient (Wildman–Crippen LogP) is 4.13. The number of pyridine rings is 2. The van der Waals surface area contributed by atoms with Gasteiger partial charge in [-0.2, -0.15) is 13.2 Å². The second kappa shape index (κ2) is 5.28. The first kappa shape index (κ1) is 14.6. The third-order valence-electron chi connectivity index (χ3n) is 2.61. The second-order valence-electron chi connectivity index (χ2n) is 4.09. The SMILES string of the molecule is COc1cnc(C(F)(F)F)cc1-c1cc(C)nc(Cl)c1. The fraction of sp³-hybridized carbons (Fsp3) is 0.231. The van der Waals surface area contributed by atoms with E-state index in [1.807, 2.05) is 0 Å². The molecule has 7 heteroatoms. The van der Waals surface area contributed by atoms with Crippen molar-refractivity contribution in [3.8, 4) is 16.9 Å². The molecule has 106 valence electrons. The molecule has 2 aromatic heterocycles. The topological polar surface area (TPSA) is 35.0 Å². The number of methoxy groups -OCH3 is 1. The molecule has 2 heterocycles. The number of aromatic nitrogens is 2. The Morgan fingerprint density at radius 2 is 1.90 bits per heavy atom. The molecule has 0 aliphatic rings. The quantitative estimate of drug-likeness (QED) is 0.782. The van der Waals surface area contributed by atoms with Crippen molar-refractivity contribution in [1.82, 2.24) is 9.97 Å². The van der Waals surface area contributed by atoms with E-state index in [9.17, 15) is 13.2 Å². The Bertz CT molecular complexity index is 624. The van der Waals surface area contributed by atoms with E-state index in [4.69, 9.17) is 16.3 Å². The molecule has 0 fully saturated rings. The van der Waals surface area contributed by atoms with Crippen LogP contribution in [0.25, 0.3) is 11.1 Å². The number of ether oxygens (including phenoxy) is 1. The fourth-order valence-electron chi connectivity index (χ4n) is 1.77. The normalized spacial score (nSPS) is 11.5. The van der Waals surface area contributed by atoms with E-state index in [2.05, 4.69) is 9.97 Å². The van der Waals surface area contributed by atoms with Gasteiger partial charge in [0.2, 0.25) is 0 Å². The summed E-state index contributed by atoms with van der Waals surface area (Å²) < 4.78 is 43.3. The van der Waals surface area contributed by atoms with Crippen molar-refractivity contribution in [1.29, 1.82) is 0 Å². The molecule has 0 radical (unpaired) electrons. The van der Waals surface area contributed by atoms with Gasteiger partial charge in [0.05, 0.1) is 13.3 Å². The van der Waals surface area contributed by atoms with Crippen LogP contribution in [0.15, 0.2) is 24.4 Å². The van der Waals surface area contributed by atoms with Gasteiger partial charge >= 0.3 is 6.18 Å². The van der Waals surface area contributed by atoms with Crippen molar-refractivity contribution >= 4 is 11.6 Å². The lowest BCUT2D eigenvalue weighted by molar-refractivity contribution is -0.141. The molecule has 0 N–H and O–H groups in total. The molecule has 0 aromatic carbocycles. The molecule has 0 aliphatic carbocycles. The summed E-state index contributed by atoms with van der Waals surface area (Å²) in [6.45, 7) is 1.70. The van der Waals surface area contributed by atoms with Gasteiger partial charge in [-0.15, -0.1) is 0 Å². The van der Waals surface area contributed by atoms with Crippen LogP contribution >= 0.6 is 11.6 Å². The zero-order valence-corrected chi connectivity index (χ0v) is 11.4. The van der Waals surface area contributed by atoms with Gasteiger partial charge in [-0.25, -0.2) is 9.97 Å². The summed E-state index contributed by atoms with van der Waals surface area (Å²) in [5, 5.41) is 0.201. The van der Waals surface area contributed by atoms with Gasteiger partial charge in [-0.3, -0.25) is 0 Å². The maximum atomic E-state index is 12.7. The van der Waals surface area contributed by atoms with E-state index in [1.165, 1.54) is 13.2 Å². The molecule has 20 heavy (non-hydrogen) atoms. The Labute approximate surface area is 118 Å². The van der Waals surface area contributed by atoms with Crippen LogP contribution in [0.4, 0.5) is 13.2 Å². The molecule has 0 spiro atoms. The van der Waals surface area contributed by atoms with Gasteiger partial charge < -0.3 is 4.74 Å². The first-order valence-corrected chi connectivity index (χ1v) is 5.95. The summed E-state index contributed by atoms with van der Waals surface area (Å²) >= 11 is 5.84. The Morgan fingerprint density at radius 3 is 2.45 bits per heavy atom. The zero-order valence-electron chi connectivity index (χ0n) is 10.6. The molecule has 0 bridgehead atoms. The Balaban J connectivity index is 2.64. The summed E-state index contributed by atoms with van der Waals surface area (Å²) in [5.74, 6) is 0.236. The van der Waals surface area contributed by atoms with Crippen LogP contribution in [0, 0.1) is 6.92 Å². The van der Waals surface area contributed by atoms with E-state index >= 15 is 0 Å². The number of rotatable bonds is 2. The Kier molecular flexibility index (Phi) is 3.85. The average Bonchev–Trinajstić information content (AvgIpc) is 2.35. The van der Waals surface area contributed by atoms with Crippen LogP contribution in [0.3, 0.4) is 0 Å². The van der Waals surface area contributed by atoms with Crippen LogP contribution in [0.5, 0.6) is 5.75 Å². The standard InChI is InChI=1S/C13H10ClF3N2O/c1-7-3-8(4-12(14)19-7)9-5-11(13(15,16)17)18-6-10(9)20-2/h3-6H,1-2H3. The van der Waals surface area contributed by atoms with Gasteiger partial charge in [-0.1, -0.05) is 11.6 Å². The Hall–Kier alpha value is -1.82. The van der Waals surface area contributed by atoms with E-state index in [1.54, 1.807) is 13.0 Å². The summed E-state index contributed by atoms with van der Waals surface area (Å²) in [4.78, 5) is 7.33. The van der Waals surface area contributed by atoms with Gasteiger partial charge in [0, 0.05) is 11.3 Å². The fourth-order valence-corrected chi connectivity index (χ4v) is 2.02. The number of nitrogens with zero attached hydrogens (tertiary/aromatic N) is 2. The molecule has 0 unspecified atom stereocenters. The van der Waals surface area contributed by atoms with Crippen molar-refractivity contribution in [2.75, 3.05) is 7.11 Å². The van der Waals surface area contributed by atoms with Crippen molar-refractivity contribution < 1.29 is 17.9 Å². The highest BCUT2D eigenvalue weighted by Gasteiger charge is 2.33. The number of alkyl halides is 3. The summed E-state index contributed by atoms with van der Waals surface area (Å²) in [5.41, 5.74) is 0.369. The number of aryl methyl sites for hydroxylation is 1. The van der Waals surface area contributed by atoms with Crippen LogP contribution < -0.4 is 4.74 Å². The molecule has 0 aliphatic heterocycles. The highest BCUT2D eigenvalue weighted by Crippen LogP contribution is 2.36. The van der Waals surface area contributed by atoms with Gasteiger partial charge in [-0.05, 0) is 30.7 Å². The van der Waals surface area contributed by atoms with Crippen LogP contribution in [0.1, 0.15) is 11.4 Å². The van der Waals surface area contributed by atoms with Crippen molar-refractivity contribution in [2.45, 2.75) is 13.1 Å². The number of hydrogen-bond donors (Lipinski definition) is 0. The smallest absolute Gasteiger partial charge is 0.433 e. The molecule has 0 amide bonds. The first-order chi connectivity index (χ1) is 9.31. The van der Waals surface area contributed by atoms with E-state index in [-0.39, 0.29) is 16.5 Å². The van der Waals surface area contributed by atoms with Gasteiger partial charge in [0.1, 0.15) is 16.6 Å².